The van der Waals surface area contributed by atoms with Crippen molar-refractivity contribution in [2.45, 2.75) is 38.3 Å². The SMILES string of the molecule is CCn1c2ccccc2c2cc(CN3CCC4(CC3)C(=O)NC(=O)c3ccccc34)ccc21. The minimum atomic E-state index is -0.598. The largest absolute Gasteiger partial charge is 0.341 e. The lowest BCUT2D eigenvalue weighted by Gasteiger charge is -2.43. The van der Waals surface area contributed by atoms with Crippen LogP contribution in [0.15, 0.2) is 66.7 Å². The van der Waals surface area contributed by atoms with Crippen molar-refractivity contribution in [1.82, 2.24) is 14.8 Å². The third-order valence-corrected chi connectivity index (χ3v) is 7.62. The number of carbonyl (C=O) groups excluding carboxylic acids is 2. The van der Waals surface area contributed by atoms with E-state index in [2.05, 4.69) is 64.2 Å². The Morgan fingerprint density at radius 1 is 0.879 bits per heavy atom. The molecule has 2 amide bonds. The van der Waals surface area contributed by atoms with Gasteiger partial charge in [0.25, 0.3) is 5.91 Å². The Labute approximate surface area is 193 Å². The van der Waals surface area contributed by atoms with Crippen molar-refractivity contribution in [1.29, 1.82) is 0 Å². The minimum absolute atomic E-state index is 0.139. The fourth-order valence-corrected chi connectivity index (χ4v) is 5.90. The van der Waals surface area contributed by atoms with Gasteiger partial charge in [-0.1, -0.05) is 42.5 Å². The number of piperidine rings is 1. The first-order valence-electron chi connectivity index (χ1n) is 11.8. The monoisotopic (exact) mass is 437 g/mol. The van der Waals surface area contributed by atoms with Crippen molar-refractivity contribution >= 4 is 33.6 Å². The van der Waals surface area contributed by atoms with E-state index in [4.69, 9.17) is 0 Å². The first-order chi connectivity index (χ1) is 16.1. The van der Waals surface area contributed by atoms with Crippen molar-refractivity contribution in [3.8, 4) is 0 Å². The van der Waals surface area contributed by atoms with Crippen LogP contribution in [0.5, 0.6) is 0 Å². The summed E-state index contributed by atoms with van der Waals surface area (Å²) in [5, 5.41) is 5.21. The van der Waals surface area contributed by atoms with E-state index in [0.29, 0.717) is 5.56 Å². The number of rotatable bonds is 3. The predicted molar refractivity (Wildman–Crippen MR) is 130 cm³/mol. The second-order valence-electron chi connectivity index (χ2n) is 9.30. The maximum atomic E-state index is 13.0. The van der Waals surface area contributed by atoms with Crippen molar-refractivity contribution in [2.24, 2.45) is 0 Å². The van der Waals surface area contributed by atoms with E-state index in [0.717, 1.165) is 44.6 Å². The number of carbonyl (C=O) groups is 2. The van der Waals surface area contributed by atoms with Gasteiger partial charge in [0, 0.05) is 40.5 Å². The Hall–Kier alpha value is -3.44. The van der Waals surface area contributed by atoms with E-state index in [1.807, 2.05) is 24.3 Å². The van der Waals surface area contributed by atoms with Gasteiger partial charge in [-0.2, -0.15) is 0 Å². The highest BCUT2D eigenvalue weighted by Gasteiger charge is 2.48. The zero-order chi connectivity index (χ0) is 22.6. The standard InChI is InChI=1S/C28H27N3O2/c1-2-31-24-10-6-4-7-20(24)22-17-19(11-12-25(22)31)18-30-15-13-28(14-16-30)23-9-5-3-8-21(23)26(32)29-27(28)33/h3-12,17H,2,13-16,18H2,1H3,(H,29,32,33). The molecule has 0 unspecified atom stereocenters. The molecule has 6 rings (SSSR count). The first-order valence-corrected chi connectivity index (χ1v) is 11.8. The van der Waals surface area contributed by atoms with Gasteiger partial charge in [0.2, 0.25) is 5.91 Å². The summed E-state index contributed by atoms with van der Waals surface area (Å²) >= 11 is 0. The molecule has 1 saturated heterocycles. The van der Waals surface area contributed by atoms with E-state index in [9.17, 15) is 9.59 Å². The predicted octanol–water partition coefficient (Wildman–Crippen LogP) is 4.62. The molecule has 2 aliphatic rings. The van der Waals surface area contributed by atoms with Crippen molar-refractivity contribution in [3.05, 3.63) is 83.4 Å². The van der Waals surface area contributed by atoms with Crippen LogP contribution in [0.1, 0.15) is 41.3 Å². The number of aryl methyl sites for hydroxylation is 1. The molecule has 1 fully saturated rings. The van der Waals surface area contributed by atoms with Crippen LogP contribution < -0.4 is 5.32 Å². The zero-order valence-corrected chi connectivity index (χ0v) is 18.8. The molecule has 1 N–H and O–H groups in total. The molecule has 1 aromatic heterocycles. The Kier molecular flexibility index (Phi) is 4.63. The fraction of sp³-hybridized carbons (Fsp3) is 0.286. The first kappa shape index (κ1) is 20.2. The van der Waals surface area contributed by atoms with Gasteiger partial charge in [-0.15, -0.1) is 0 Å². The van der Waals surface area contributed by atoms with Gasteiger partial charge in [0.15, 0.2) is 0 Å². The lowest BCUT2D eigenvalue weighted by molar-refractivity contribution is -0.128. The Morgan fingerprint density at radius 2 is 1.61 bits per heavy atom. The minimum Gasteiger partial charge on any atom is -0.341 e. The molecule has 1 spiro atoms. The highest BCUT2D eigenvalue weighted by molar-refractivity contribution is 6.13. The van der Waals surface area contributed by atoms with Gasteiger partial charge in [-0.25, -0.2) is 0 Å². The zero-order valence-electron chi connectivity index (χ0n) is 18.8. The Morgan fingerprint density at radius 3 is 2.42 bits per heavy atom. The normalized spacial score (nSPS) is 18.1. The number of fused-ring (bicyclic) bond motifs is 5. The summed E-state index contributed by atoms with van der Waals surface area (Å²) in [6, 6.07) is 23.0. The maximum absolute atomic E-state index is 13.0. The maximum Gasteiger partial charge on any atom is 0.258 e. The van der Waals surface area contributed by atoms with E-state index in [-0.39, 0.29) is 11.8 Å². The van der Waals surface area contributed by atoms with E-state index >= 15 is 0 Å². The smallest absolute Gasteiger partial charge is 0.258 e. The molecule has 0 atom stereocenters. The van der Waals surface area contributed by atoms with Crippen LogP contribution in [0.3, 0.4) is 0 Å². The number of nitrogens with one attached hydrogen (secondary N) is 1. The van der Waals surface area contributed by atoms with E-state index < -0.39 is 5.41 Å². The molecule has 0 bridgehead atoms. The topological polar surface area (TPSA) is 54.3 Å². The van der Waals surface area contributed by atoms with Gasteiger partial charge in [-0.05, 0) is 68.2 Å². The molecule has 0 saturated carbocycles. The molecule has 5 nitrogen and oxygen atoms in total. The van der Waals surface area contributed by atoms with Gasteiger partial charge in [0.1, 0.15) is 0 Å². The van der Waals surface area contributed by atoms with Gasteiger partial charge in [-0.3, -0.25) is 19.8 Å². The Bertz CT molecular complexity index is 1410. The molecular formula is C28H27N3O2. The van der Waals surface area contributed by atoms with Crippen LogP contribution in [0.4, 0.5) is 0 Å². The summed E-state index contributed by atoms with van der Waals surface area (Å²) < 4.78 is 2.37. The molecule has 5 heteroatoms. The highest BCUT2D eigenvalue weighted by atomic mass is 16.2. The van der Waals surface area contributed by atoms with Crippen LogP contribution in [-0.2, 0) is 23.3 Å². The molecule has 2 aliphatic heterocycles. The Balaban J connectivity index is 1.27. The van der Waals surface area contributed by atoms with E-state index in [1.165, 1.54) is 27.4 Å². The van der Waals surface area contributed by atoms with Crippen LogP contribution in [0, 0.1) is 0 Å². The second kappa shape index (κ2) is 7.56. The molecule has 33 heavy (non-hydrogen) atoms. The third-order valence-electron chi connectivity index (χ3n) is 7.62. The summed E-state index contributed by atoms with van der Waals surface area (Å²) in [6.07, 6.45) is 1.45. The number of aromatic nitrogens is 1. The lowest BCUT2D eigenvalue weighted by Crippen LogP contribution is -2.56. The van der Waals surface area contributed by atoms with Gasteiger partial charge >= 0.3 is 0 Å². The number of hydrogen-bond acceptors (Lipinski definition) is 3. The fourth-order valence-electron chi connectivity index (χ4n) is 5.90. The summed E-state index contributed by atoms with van der Waals surface area (Å²) in [7, 11) is 0. The summed E-state index contributed by atoms with van der Waals surface area (Å²) in [5.74, 6) is -0.414. The van der Waals surface area contributed by atoms with Gasteiger partial charge in [0.05, 0.1) is 5.41 Å². The summed E-state index contributed by atoms with van der Waals surface area (Å²) in [5.41, 5.74) is 4.79. The van der Waals surface area contributed by atoms with E-state index in [1.54, 1.807) is 0 Å². The average Bonchev–Trinajstić information content (AvgIpc) is 3.17. The molecule has 0 aliphatic carbocycles. The number of para-hydroxylation sites is 1. The van der Waals surface area contributed by atoms with Gasteiger partial charge < -0.3 is 4.57 Å². The van der Waals surface area contributed by atoms with Crippen LogP contribution in [0.2, 0.25) is 0 Å². The third kappa shape index (κ3) is 3.03. The summed E-state index contributed by atoms with van der Waals surface area (Å²) in [4.78, 5) is 27.7. The number of likely N-dealkylation sites (tertiary alicyclic amines) is 1. The second-order valence-corrected chi connectivity index (χ2v) is 9.30. The van der Waals surface area contributed by atoms with Crippen LogP contribution in [0.25, 0.3) is 21.8 Å². The average molecular weight is 438 g/mol. The number of amides is 2. The van der Waals surface area contributed by atoms with Crippen LogP contribution >= 0.6 is 0 Å². The number of nitrogens with zero attached hydrogens (tertiary/aromatic N) is 2. The number of hydrogen-bond donors (Lipinski definition) is 1. The highest BCUT2D eigenvalue weighted by Crippen LogP contribution is 2.40. The van der Waals surface area contributed by atoms with Crippen molar-refractivity contribution < 1.29 is 9.59 Å². The molecule has 3 heterocycles. The number of imide groups is 1. The molecule has 166 valence electrons. The summed E-state index contributed by atoms with van der Waals surface area (Å²) in [6.45, 7) is 5.65. The molecular weight excluding hydrogens is 410 g/mol. The molecule has 0 radical (unpaired) electrons. The quantitative estimate of drug-likeness (QED) is 0.476. The molecule has 4 aromatic rings. The van der Waals surface area contributed by atoms with Crippen LogP contribution in [-0.4, -0.2) is 34.4 Å². The number of benzene rings is 3. The van der Waals surface area contributed by atoms with Crippen molar-refractivity contribution in [2.75, 3.05) is 13.1 Å². The van der Waals surface area contributed by atoms with Crippen molar-refractivity contribution in [3.63, 3.8) is 0 Å². The molecule has 3 aromatic carbocycles. The lowest BCUT2D eigenvalue weighted by atomic mass is 9.68.